The van der Waals surface area contributed by atoms with Gasteiger partial charge in [0.15, 0.2) is 0 Å². The summed E-state index contributed by atoms with van der Waals surface area (Å²) in [6.07, 6.45) is 0.963. The molecule has 0 bridgehead atoms. The van der Waals surface area contributed by atoms with Crippen molar-refractivity contribution in [1.82, 2.24) is 5.32 Å². The number of rotatable bonds is 8. The van der Waals surface area contributed by atoms with Gasteiger partial charge in [-0.3, -0.25) is 9.59 Å². The van der Waals surface area contributed by atoms with Crippen LogP contribution in [0.3, 0.4) is 0 Å². The highest BCUT2D eigenvalue weighted by Gasteiger charge is 2.05. The third kappa shape index (κ3) is 5.84. The summed E-state index contributed by atoms with van der Waals surface area (Å²) in [6, 6.07) is 14.2. The van der Waals surface area contributed by atoms with E-state index in [2.05, 4.69) is 22.9 Å². The lowest BCUT2D eigenvalue weighted by atomic mass is 10.2. The maximum Gasteiger partial charge on any atom is 0.251 e. The SMILES string of the molecule is CCCOc1ccc(NCC(=O)Nc2ccc(C(=O)NC)cc2)cc1. The minimum absolute atomic E-state index is 0.145. The first-order valence-corrected chi connectivity index (χ1v) is 8.21. The van der Waals surface area contributed by atoms with E-state index >= 15 is 0 Å². The molecule has 0 saturated heterocycles. The maximum atomic E-state index is 12.0. The molecule has 25 heavy (non-hydrogen) atoms. The van der Waals surface area contributed by atoms with Crippen molar-refractivity contribution in [2.45, 2.75) is 13.3 Å². The molecule has 0 aliphatic heterocycles. The van der Waals surface area contributed by atoms with Crippen molar-refractivity contribution < 1.29 is 14.3 Å². The van der Waals surface area contributed by atoms with Gasteiger partial charge in [0.1, 0.15) is 5.75 Å². The van der Waals surface area contributed by atoms with Crippen LogP contribution in [-0.2, 0) is 4.79 Å². The summed E-state index contributed by atoms with van der Waals surface area (Å²) >= 11 is 0. The second kappa shape index (κ2) is 9.32. The van der Waals surface area contributed by atoms with E-state index in [-0.39, 0.29) is 18.4 Å². The quantitative estimate of drug-likeness (QED) is 0.690. The van der Waals surface area contributed by atoms with Gasteiger partial charge in [-0.15, -0.1) is 0 Å². The fraction of sp³-hybridized carbons (Fsp3) is 0.263. The first-order chi connectivity index (χ1) is 12.1. The molecule has 0 atom stereocenters. The second-order valence-corrected chi connectivity index (χ2v) is 5.43. The summed E-state index contributed by atoms with van der Waals surface area (Å²) in [5.74, 6) is 0.484. The number of carbonyl (C=O) groups is 2. The van der Waals surface area contributed by atoms with Crippen molar-refractivity contribution in [3.8, 4) is 5.75 Å². The molecule has 2 aromatic rings. The Labute approximate surface area is 147 Å². The van der Waals surface area contributed by atoms with E-state index in [0.717, 1.165) is 17.9 Å². The van der Waals surface area contributed by atoms with Crippen LogP contribution in [-0.4, -0.2) is 32.0 Å². The van der Waals surface area contributed by atoms with Gasteiger partial charge in [0.2, 0.25) is 5.91 Å². The van der Waals surface area contributed by atoms with Crippen molar-refractivity contribution in [2.24, 2.45) is 0 Å². The molecular formula is C19H23N3O3. The molecule has 0 spiro atoms. The number of ether oxygens (including phenoxy) is 1. The molecule has 0 aromatic heterocycles. The molecule has 6 heteroatoms. The van der Waals surface area contributed by atoms with Gasteiger partial charge < -0.3 is 20.7 Å². The third-order valence-corrected chi connectivity index (χ3v) is 3.44. The Morgan fingerprint density at radius 1 is 0.960 bits per heavy atom. The average Bonchev–Trinajstić information content (AvgIpc) is 2.65. The van der Waals surface area contributed by atoms with E-state index in [9.17, 15) is 9.59 Å². The van der Waals surface area contributed by atoms with Gasteiger partial charge in [-0.2, -0.15) is 0 Å². The summed E-state index contributed by atoms with van der Waals surface area (Å²) in [4.78, 5) is 23.5. The van der Waals surface area contributed by atoms with E-state index in [1.807, 2.05) is 24.3 Å². The van der Waals surface area contributed by atoms with Crippen LogP contribution in [0.2, 0.25) is 0 Å². The molecule has 0 radical (unpaired) electrons. The summed E-state index contributed by atoms with van der Waals surface area (Å²) in [6.45, 7) is 2.89. The number of benzene rings is 2. The first kappa shape index (κ1) is 18.3. The Morgan fingerprint density at radius 2 is 1.60 bits per heavy atom. The molecule has 0 fully saturated rings. The summed E-state index contributed by atoms with van der Waals surface area (Å²) < 4.78 is 5.51. The van der Waals surface area contributed by atoms with Gasteiger partial charge in [-0.25, -0.2) is 0 Å². The Hall–Kier alpha value is -3.02. The fourth-order valence-electron chi connectivity index (χ4n) is 2.13. The van der Waals surface area contributed by atoms with E-state index in [4.69, 9.17) is 4.74 Å². The van der Waals surface area contributed by atoms with E-state index < -0.39 is 0 Å². The van der Waals surface area contributed by atoms with Crippen molar-refractivity contribution in [2.75, 3.05) is 30.8 Å². The van der Waals surface area contributed by atoms with Gasteiger partial charge in [0, 0.05) is 24.0 Å². The molecule has 3 N–H and O–H groups in total. The number of hydrogen-bond acceptors (Lipinski definition) is 4. The Morgan fingerprint density at radius 3 is 2.20 bits per heavy atom. The van der Waals surface area contributed by atoms with E-state index in [1.165, 1.54) is 0 Å². The van der Waals surface area contributed by atoms with Crippen LogP contribution in [0.1, 0.15) is 23.7 Å². The fourth-order valence-corrected chi connectivity index (χ4v) is 2.13. The van der Waals surface area contributed by atoms with Crippen LogP contribution < -0.4 is 20.7 Å². The summed E-state index contributed by atoms with van der Waals surface area (Å²) in [5, 5.41) is 8.38. The van der Waals surface area contributed by atoms with E-state index in [1.54, 1.807) is 31.3 Å². The van der Waals surface area contributed by atoms with Gasteiger partial charge >= 0.3 is 0 Å². The lowest BCUT2D eigenvalue weighted by molar-refractivity contribution is -0.114. The highest BCUT2D eigenvalue weighted by Crippen LogP contribution is 2.16. The van der Waals surface area contributed by atoms with Gasteiger partial charge in [0.05, 0.1) is 13.2 Å². The molecule has 0 unspecified atom stereocenters. The first-order valence-electron chi connectivity index (χ1n) is 8.21. The number of carbonyl (C=O) groups excluding carboxylic acids is 2. The number of amides is 2. The smallest absolute Gasteiger partial charge is 0.251 e. The molecule has 0 aliphatic carbocycles. The Bertz CT molecular complexity index is 697. The normalized spacial score (nSPS) is 10.0. The third-order valence-electron chi connectivity index (χ3n) is 3.44. The molecular weight excluding hydrogens is 318 g/mol. The highest BCUT2D eigenvalue weighted by molar-refractivity contribution is 5.96. The van der Waals surface area contributed by atoms with Crippen LogP contribution in [0.5, 0.6) is 5.75 Å². The molecule has 0 saturated carbocycles. The standard InChI is InChI=1S/C19H23N3O3/c1-3-12-25-17-10-8-15(9-11-17)21-13-18(23)22-16-6-4-14(5-7-16)19(24)20-2/h4-11,21H,3,12-13H2,1-2H3,(H,20,24)(H,22,23). The van der Waals surface area contributed by atoms with Crippen molar-refractivity contribution in [3.63, 3.8) is 0 Å². The predicted octanol–water partition coefficient (Wildman–Crippen LogP) is 2.89. The minimum atomic E-state index is -0.168. The highest BCUT2D eigenvalue weighted by atomic mass is 16.5. The zero-order chi connectivity index (χ0) is 18.1. The second-order valence-electron chi connectivity index (χ2n) is 5.43. The molecule has 2 aromatic carbocycles. The van der Waals surface area contributed by atoms with Gasteiger partial charge in [0.25, 0.3) is 5.91 Å². The average molecular weight is 341 g/mol. The zero-order valence-electron chi connectivity index (χ0n) is 14.5. The molecule has 132 valence electrons. The van der Waals surface area contributed by atoms with E-state index in [0.29, 0.717) is 17.9 Å². The van der Waals surface area contributed by atoms with Crippen LogP contribution >= 0.6 is 0 Å². The molecule has 2 rings (SSSR count). The van der Waals surface area contributed by atoms with Crippen molar-refractivity contribution in [3.05, 3.63) is 54.1 Å². The van der Waals surface area contributed by atoms with Crippen LogP contribution in [0.25, 0.3) is 0 Å². The minimum Gasteiger partial charge on any atom is -0.494 e. The molecule has 0 aliphatic rings. The molecule has 2 amide bonds. The molecule has 6 nitrogen and oxygen atoms in total. The zero-order valence-corrected chi connectivity index (χ0v) is 14.5. The van der Waals surface area contributed by atoms with Crippen molar-refractivity contribution >= 4 is 23.2 Å². The Kier molecular flexibility index (Phi) is 6.83. The van der Waals surface area contributed by atoms with Crippen LogP contribution in [0.4, 0.5) is 11.4 Å². The topological polar surface area (TPSA) is 79.5 Å². The summed E-state index contributed by atoms with van der Waals surface area (Å²) in [7, 11) is 1.58. The van der Waals surface area contributed by atoms with Crippen molar-refractivity contribution in [1.29, 1.82) is 0 Å². The number of anilines is 2. The number of nitrogens with one attached hydrogen (secondary N) is 3. The molecule has 0 heterocycles. The van der Waals surface area contributed by atoms with Gasteiger partial charge in [-0.05, 0) is 55.0 Å². The van der Waals surface area contributed by atoms with Crippen LogP contribution in [0.15, 0.2) is 48.5 Å². The number of hydrogen-bond donors (Lipinski definition) is 3. The predicted molar refractivity (Wildman–Crippen MR) is 99.2 cm³/mol. The maximum absolute atomic E-state index is 12.0. The summed E-state index contributed by atoms with van der Waals surface area (Å²) in [5.41, 5.74) is 2.03. The monoisotopic (exact) mass is 341 g/mol. The largest absolute Gasteiger partial charge is 0.494 e. The lowest BCUT2D eigenvalue weighted by Crippen LogP contribution is -2.22. The lowest BCUT2D eigenvalue weighted by Gasteiger charge is -2.09. The van der Waals surface area contributed by atoms with Crippen LogP contribution in [0, 0.1) is 0 Å². The Balaban J connectivity index is 1.81. The van der Waals surface area contributed by atoms with Gasteiger partial charge in [-0.1, -0.05) is 6.92 Å².